The van der Waals surface area contributed by atoms with E-state index in [0.717, 1.165) is 19.6 Å². The standard InChI is InChI=1S/C23H29N5O3/c1-17(22(30)26-21-10-8-20(9-11-21)25-18(2)29)24-23(31)28-14-12-27(13-15-28)16-19-6-4-3-5-7-19/h3-11,17H,12-16H2,1-2H3,(H,24,31)(H,25,29)(H,26,30)/t17-/m1/s1. The van der Waals surface area contributed by atoms with Gasteiger partial charge in [-0.25, -0.2) is 4.79 Å². The maximum Gasteiger partial charge on any atom is 0.318 e. The second-order valence-corrected chi connectivity index (χ2v) is 7.67. The second-order valence-electron chi connectivity index (χ2n) is 7.67. The van der Waals surface area contributed by atoms with Crippen molar-refractivity contribution in [3.05, 3.63) is 60.2 Å². The maximum absolute atomic E-state index is 12.6. The molecule has 0 aliphatic carbocycles. The zero-order chi connectivity index (χ0) is 22.2. The first kappa shape index (κ1) is 22.3. The summed E-state index contributed by atoms with van der Waals surface area (Å²) in [4.78, 5) is 40.1. The van der Waals surface area contributed by atoms with E-state index in [9.17, 15) is 14.4 Å². The van der Waals surface area contributed by atoms with Gasteiger partial charge in [0.25, 0.3) is 0 Å². The molecule has 0 radical (unpaired) electrons. The van der Waals surface area contributed by atoms with Gasteiger partial charge in [-0.3, -0.25) is 14.5 Å². The summed E-state index contributed by atoms with van der Waals surface area (Å²) < 4.78 is 0. The zero-order valence-corrected chi connectivity index (χ0v) is 17.9. The number of anilines is 2. The summed E-state index contributed by atoms with van der Waals surface area (Å²) in [5.74, 6) is -0.461. The average Bonchev–Trinajstić information content (AvgIpc) is 2.76. The van der Waals surface area contributed by atoms with Crippen molar-refractivity contribution in [1.29, 1.82) is 0 Å². The third-order valence-corrected chi connectivity index (χ3v) is 5.11. The summed E-state index contributed by atoms with van der Waals surface area (Å²) in [6, 6.07) is 16.2. The molecular weight excluding hydrogens is 394 g/mol. The van der Waals surface area contributed by atoms with Crippen LogP contribution in [0.2, 0.25) is 0 Å². The predicted molar refractivity (Wildman–Crippen MR) is 121 cm³/mol. The summed E-state index contributed by atoms with van der Waals surface area (Å²) >= 11 is 0. The molecule has 1 atom stereocenters. The van der Waals surface area contributed by atoms with Gasteiger partial charge in [-0.05, 0) is 36.8 Å². The van der Waals surface area contributed by atoms with E-state index in [1.165, 1.54) is 12.5 Å². The van der Waals surface area contributed by atoms with E-state index in [1.54, 1.807) is 36.1 Å². The third kappa shape index (κ3) is 6.82. The van der Waals surface area contributed by atoms with Crippen LogP contribution < -0.4 is 16.0 Å². The van der Waals surface area contributed by atoms with Crippen LogP contribution in [-0.4, -0.2) is 59.9 Å². The van der Waals surface area contributed by atoms with Crippen molar-refractivity contribution in [2.45, 2.75) is 26.4 Å². The number of carbonyl (C=O) groups is 3. The summed E-state index contributed by atoms with van der Waals surface area (Å²) in [6.07, 6.45) is 0. The Kier molecular flexibility index (Phi) is 7.61. The Bertz CT molecular complexity index is 893. The molecule has 4 amide bonds. The molecule has 1 heterocycles. The Hall–Kier alpha value is -3.39. The minimum absolute atomic E-state index is 0.158. The fourth-order valence-electron chi connectivity index (χ4n) is 3.38. The predicted octanol–water partition coefficient (Wildman–Crippen LogP) is 2.50. The van der Waals surface area contributed by atoms with Gasteiger partial charge in [-0.2, -0.15) is 0 Å². The Morgan fingerprint density at radius 3 is 2.03 bits per heavy atom. The lowest BCUT2D eigenvalue weighted by Crippen LogP contribution is -2.54. The minimum Gasteiger partial charge on any atom is -0.326 e. The summed E-state index contributed by atoms with van der Waals surface area (Å²) in [6.45, 7) is 6.80. The van der Waals surface area contributed by atoms with Crippen molar-refractivity contribution in [1.82, 2.24) is 15.1 Å². The smallest absolute Gasteiger partial charge is 0.318 e. The first-order chi connectivity index (χ1) is 14.9. The number of nitrogens with one attached hydrogen (secondary N) is 3. The van der Waals surface area contributed by atoms with E-state index in [2.05, 4.69) is 33.0 Å². The van der Waals surface area contributed by atoms with Crippen LogP contribution in [0.15, 0.2) is 54.6 Å². The minimum atomic E-state index is -0.676. The molecule has 0 spiro atoms. The van der Waals surface area contributed by atoms with Crippen molar-refractivity contribution in [2.24, 2.45) is 0 Å². The topological polar surface area (TPSA) is 93.8 Å². The van der Waals surface area contributed by atoms with E-state index in [4.69, 9.17) is 0 Å². The summed E-state index contributed by atoms with van der Waals surface area (Å²) in [7, 11) is 0. The highest BCUT2D eigenvalue weighted by molar-refractivity contribution is 5.97. The molecule has 8 heteroatoms. The van der Waals surface area contributed by atoms with Gasteiger partial charge >= 0.3 is 6.03 Å². The van der Waals surface area contributed by atoms with E-state index < -0.39 is 6.04 Å². The molecule has 31 heavy (non-hydrogen) atoms. The van der Waals surface area contributed by atoms with E-state index in [-0.39, 0.29) is 17.8 Å². The fourth-order valence-corrected chi connectivity index (χ4v) is 3.38. The molecule has 1 aliphatic rings. The van der Waals surface area contributed by atoms with Crippen molar-refractivity contribution < 1.29 is 14.4 Å². The summed E-state index contributed by atoms with van der Waals surface area (Å²) in [5.41, 5.74) is 2.50. The van der Waals surface area contributed by atoms with Crippen LogP contribution in [0.25, 0.3) is 0 Å². The Labute approximate surface area is 182 Å². The van der Waals surface area contributed by atoms with Crippen molar-refractivity contribution in [3.63, 3.8) is 0 Å². The quantitative estimate of drug-likeness (QED) is 0.666. The highest BCUT2D eigenvalue weighted by Gasteiger charge is 2.24. The number of hydrogen-bond acceptors (Lipinski definition) is 4. The lowest BCUT2D eigenvalue weighted by Gasteiger charge is -2.35. The van der Waals surface area contributed by atoms with Crippen LogP contribution in [0.5, 0.6) is 0 Å². The number of nitrogens with zero attached hydrogens (tertiary/aromatic N) is 2. The normalized spacial score (nSPS) is 15.1. The van der Waals surface area contributed by atoms with Gasteiger partial charge in [0.2, 0.25) is 11.8 Å². The molecule has 2 aromatic rings. The van der Waals surface area contributed by atoms with Crippen LogP contribution in [-0.2, 0) is 16.1 Å². The molecule has 0 unspecified atom stereocenters. The van der Waals surface area contributed by atoms with Gasteiger partial charge in [0.05, 0.1) is 0 Å². The van der Waals surface area contributed by atoms with Crippen molar-refractivity contribution in [3.8, 4) is 0 Å². The number of carbonyl (C=O) groups excluding carboxylic acids is 3. The third-order valence-electron chi connectivity index (χ3n) is 5.11. The molecule has 0 bridgehead atoms. The molecule has 1 aliphatic heterocycles. The van der Waals surface area contributed by atoms with Gasteiger partial charge in [0.15, 0.2) is 0 Å². The van der Waals surface area contributed by atoms with Crippen molar-refractivity contribution in [2.75, 3.05) is 36.8 Å². The molecule has 3 N–H and O–H groups in total. The number of urea groups is 1. The molecule has 1 saturated heterocycles. The van der Waals surface area contributed by atoms with Crippen LogP contribution in [0, 0.1) is 0 Å². The van der Waals surface area contributed by atoms with Gasteiger partial charge in [-0.15, -0.1) is 0 Å². The lowest BCUT2D eigenvalue weighted by atomic mass is 10.2. The van der Waals surface area contributed by atoms with E-state index >= 15 is 0 Å². The molecule has 8 nitrogen and oxygen atoms in total. The molecule has 0 saturated carbocycles. The molecule has 0 aromatic heterocycles. The molecule has 2 aromatic carbocycles. The number of hydrogen-bond donors (Lipinski definition) is 3. The lowest BCUT2D eigenvalue weighted by molar-refractivity contribution is -0.117. The van der Waals surface area contributed by atoms with Gasteiger partial charge in [0, 0.05) is 51.0 Å². The Morgan fingerprint density at radius 1 is 0.871 bits per heavy atom. The number of benzene rings is 2. The van der Waals surface area contributed by atoms with E-state index in [0.29, 0.717) is 24.5 Å². The first-order valence-electron chi connectivity index (χ1n) is 10.4. The van der Waals surface area contributed by atoms with E-state index in [1.807, 2.05) is 18.2 Å². The van der Waals surface area contributed by atoms with Gasteiger partial charge in [-0.1, -0.05) is 30.3 Å². The van der Waals surface area contributed by atoms with Crippen LogP contribution in [0.3, 0.4) is 0 Å². The number of amides is 4. The first-order valence-corrected chi connectivity index (χ1v) is 10.4. The molecule has 3 rings (SSSR count). The van der Waals surface area contributed by atoms with Crippen LogP contribution in [0.1, 0.15) is 19.4 Å². The monoisotopic (exact) mass is 423 g/mol. The average molecular weight is 424 g/mol. The Balaban J connectivity index is 1.42. The van der Waals surface area contributed by atoms with Gasteiger partial charge < -0.3 is 20.9 Å². The Morgan fingerprint density at radius 2 is 1.45 bits per heavy atom. The van der Waals surface area contributed by atoms with Gasteiger partial charge in [0.1, 0.15) is 6.04 Å². The highest BCUT2D eigenvalue weighted by atomic mass is 16.2. The molecule has 164 valence electrons. The zero-order valence-electron chi connectivity index (χ0n) is 17.9. The summed E-state index contributed by atoms with van der Waals surface area (Å²) in [5, 5.41) is 8.21. The van der Waals surface area contributed by atoms with Crippen molar-refractivity contribution >= 4 is 29.2 Å². The maximum atomic E-state index is 12.6. The van der Waals surface area contributed by atoms with Crippen LogP contribution >= 0.6 is 0 Å². The van der Waals surface area contributed by atoms with Crippen LogP contribution in [0.4, 0.5) is 16.2 Å². The SMILES string of the molecule is CC(=O)Nc1ccc(NC(=O)[C@@H](C)NC(=O)N2CCN(Cc3ccccc3)CC2)cc1. The largest absolute Gasteiger partial charge is 0.326 e. The second kappa shape index (κ2) is 10.6. The fraction of sp³-hybridized carbons (Fsp3) is 0.348. The highest BCUT2D eigenvalue weighted by Crippen LogP contribution is 2.14. The molecule has 1 fully saturated rings. The molecular formula is C23H29N5O3. The number of piperazine rings is 1. The number of rotatable bonds is 6.